The van der Waals surface area contributed by atoms with Crippen molar-refractivity contribution in [3.63, 3.8) is 0 Å². The Hall–Kier alpha value is -1.82. The van der Waals surface area contributed by atoms with Crippen LogP contribution >= 0.6 is 11.9 Å². The summed E-state index contributed by atoms with van der Waals surface area (Å²) >= 11 is 0.453. The van der Waals surface area contributed by atoms with Crippen molar-refractivity contribution >= 4 is 29.1 Å². The van der Waals surface area contributed by atoms with E-state index < -0.39 is 17.1 Å². The van der Waals surface area contributed by atoms with Gasteiger partial charge in [-0.05, 0) is 12.1 Å². The zero-order valence-electron chi connectivity index (χ0n) is 8.30. The minimum absolute atomic E-state index is 0.309. The molecule has 16 heavy (non-hydrogen) atoms. The monoisotopic (exact) mass is 237 g/mol. The molecule has 0 radical (unpaired) electrons. The number of hydrogen-bond acceptors (Lipinski definition) is 5. The predicted molar refractivity (Wildman–Crippen MR) is 56.9 cm³/mol. The molecule has 0 spiro atoms. The average molecular weight is 237 g/mol. The lowest BCUT2D eigenvalue weighted by Gasteiger charge is -2.08. The van der Waals surface area contributed by atoms with Crippen LogP contribution in [-0.4, -0.2) is 28.5 Å². The molecular formula is C10H7NO4S. The van der Waals surface area contributed by atoms with Crippen LogP contribution in [0.1, 0.15) is 20.7 Å². The first-order chi connectivity index (χ1) is 7.65. The second kappa shape index (κ2) is 3.97. The van der Waals surface area contributed by atoms with Crippen LogP contribution in [0.3, 0.4) is 0 Å². The highest BCUT2D eigenvalue weighted by atomic mass is 32.2. The molecular weight excluding hydrogens is 230 g/mol. The van der Waals surface area contributed by atoms with Gasteiger partial charge in [0.05, 0.1) is 30.2 Å². The Morgan fingerprint density at radius 2 is 1.69 bits per heavy atom. The summed E-state index contributed by atoms with van der Waals surface area (Å²) in [5.41, 5.74) is 0.618. The molecule has 0 atom stereocenters. The van der Waals surface area contributed by atoms with E-state index in [0.29, 0.717) is 23.1 Å². The number of nitrogens with zero attached hydrogens (tertiary/aromatic N) is 1. The molecule has 0 saturated carbocycles. The van der Waals surface area contributed by atoms with Crippen LogP contribution in [0.25, 0.3) is 0 Å². The molecule has 6 heteroatoms. The Kier molecular flexibility index (Phi) is 2.66. The van der Waals surface area contributed by atoms with Gasteiger partial charge in [-0.1, -0.05) is 12.1 Å². The number of amides is 2. The van der Waals surface area contributed by atoms with E-state index in [-0.39, 0.29) is 0 Å². The van der Waals surface area contributed by atoms with Gasteiger partial charge >= 0.3 is 5.30 Å². The maximum absolute atomic E-state index is 11.7. The van der Waals surface area contributed by atoms with Gasteiger partial charge in [0, 0.05) is 0 Å². The molecule has 1 heterocycles. The van der Waals surface area contributed by atoms with E-state index in [4.69, 9.17) is 0 Å². The number of benzene rings is 1. The van der Waals surface area contributed by atoms with E-state index in [0.717, 1.165) is 4.31 Å². The van der Waals surface area contributed by atoms with Crippen molar-refractivity contribution < 1.29 is 19.1 Å². The molecule has 0 fully saturated rings. The molecule has 1 aliphatic rings. The largest absolute Gasteiger partial charge is 0.460 e. The SMILES string of the molecule is COC(=O)SN1C(=O)c2ccccc2C1=O. The summed E-state index contributed by atoms with van der Waals surface area (Å²) in [6.07, 6.45) is 0. The number of carbonyl (C=O) groups excluding carboxylic acids is 3. The van der Waals surface area contributed by atoms with Gasteiger partial charge < -0.3 is 4.74 Å². The van der Waals surface area contributed by atoms with Crippen LogP contribution in [0.4, 0.5) is 4.79 Å². The molecule has 0 aromatic heterocycles. The van der Waals surface area contributed by atoms with Gasteiger partial charge in [-0.2, -0.15) is 0 Å². The molecule has 2 amide bonds. The van der Waals surface area contributed by atoms with Crippen LogP contribution in [0.15, 0.2) is 24.3 Å². The maximum atomic E-state index is 11.7. The molecule has 1 aromatic carbocycles. The second-order valence-corrected chi connectivity index (χ2v) is 3.88. The highest BCUT2D eigenvalue weighted by Gasteiger charge is 2.37. The normalized spacial score (nSPS) is 13.9. The third-order valence-corrected chi connectivity index (χ3v) is 2.92. The van der Waals surface area contributed by atoms with Gasteiger partial charge in [-0.3, -0.25) is 9.59 Å². The number of ether oxygens (including phenoxy) is 1. The number of carbonyl (C=O) groups is 3. The summed E-state index contributed by atoms with van der Waals surface area (Å²) in [6, 6.07) is 6.42. The van der Waals surface area contributed by atoms with E-state index in [1.54, 1.807) is 24.3 Å². The molecule has 5 nitrogen and oxygen atoms in total. The zero-order chi connectivity index (χ0) is 11.7. The number of methoxy groups -OCH3 is 1. The number of rotatable bonds is 1. The van der Waals surface area contributed by atoms with Crippen LogP contribution in [0, 0.1) is 0 Å². The van der Waals surface area contributed by atoms with Gasteiger partial charge in [0.15, 0.2) is 0 Å². The highest BCUT2D eigenvalue weighted by molar-refractivity contribution is 8.12. The number of imide groups is 1. The highest BCUT2D eigenvalue weighted by Crippen LogP contribution is 2.28. The first-order valence-electron chi connectivity index (χ1n) is 4.39. The third kappa shape index (κ3) is 1.57. The van der Waals surface area contributed by atoms with Crippen LogP contribution < -0.4 is 0 Å². The molecule has 82 valence electrons. The summed E-state index contributed by atoms with van der Waals surface area (Å²) in [5, 5.41) is -0.700. The summed E-state index contributed by atoms with van der Waals surface area (Å²) < 4.78 is 5.19. The van der Waals surface area contributed by atoms with Gasteiger partial charge in [-0.25, -0.2) is 9.10 Å². The van der Waals surface area contributed by atoms with E-state index in [1.165, 1.54) is 7.11 Å². The van der Waals surface area contributed by atoms with Crippen molar-refractivity contribution in [3.05, 3.63) is 35.4 Å². The van der Waals surface area contributed by atoms with E-state index in [9.17, 15) is 14.4 Å². The summed E-state index contributed by atoms with van der Waals surface area (Å²) in [4.78, 5) is 34.5. The second-order valence-electron chi connectivity index (χ2n) is 3.00. The summed E-state index contributed by atoms with van der Waals surface area (Å²) in [5.74, 6) is -0.980. The lowest BCUT2D eigenvalue weighted by atomic mass is 10.1. The van der Waals surface area contributed by atoms with Crippen LogP contribution in [0.2, 0.25) is 0 Å². The molecule has 2 rings (SSSR count). The zero-order valence-corrected chi connectivity index (χ0v) is 9.11. The van der Waals surface area contributed by atoms with Gasteiger partial charge in [-0.15, -0.1) is 0 Å². The van der Waals surface area contributed by atoms with Crippen LogP contribution in [0.5, 0.6) is 0 Å². The van der Waals surface area contributed by atoms with Crippen LogP contribution in [-0.2, 0) is 4.74 Å². The summed E-state index contributed by atoms with van der Waals surface area (Å²) in [7, 11) is 1.19. The van der Waals surface area contributed by atoms with Gasteiger partial charge in [0.25, 0.3) is 11.8 Å². The van der Waals surface area contributed by atoms with Crippen molar-refractivity contribution in [2.45, 2.75) is 0 Å². The van der Waals surface area contributed by atoms with Crippen molar-refractivity contribution in [1.82, 2.24) is 4.31 Å². The molecule has 0 aliphatic carbocycles. The average Bonchev–Trinajstić information content (AvgIpc) is 2.55. The third-order valence-electron chi connectivity index (χ3n) is 2.09. The smallest absolute Gasteiger partial charge is 0.388 e. The minimum atomic E-state index is -0.700. The first-order valence-corrected chi connectivity index (χ1v) is 5.16. The van der Waals surface area contributed by atoms with Gasteiger partial charge in [0.1, 0.15) is 0 Å². The molecule has 0 saturated heterocycles. The molecule has 0 bridgehead atoms. The van der Waals surface area contributed by atoms with E-state index >= 15 is 0 Å². The number of fused-ring (bicyclic) bond motifs is 1. The molecule has 1 aromatic rings. The van der Waals surface area contributed by atoms with E-state index in [1.807, 2.05) is 0 Å². The van der Waals surface area contributed by atoms with Gasteiger partial charge in [0.2, 0.25) is 0 Å². The van der Waals surface area contributed by atoms with Crippen molar-refractivity contribution in [2.24, 2.45) is 0 Å². The molecule has 0 unspecified atom stereocenters. The lowest BCUT2D eigenvalue weighted by molar-refractivity contribution is 0.0775. The quantitative estimate of drug-likeness (QED) is 0.422. The fourth-order valence-corrected chi connectivity index (χ4v) is 1.95. The predicted octanol–water partition coefficient (Wildman–Crippen LogP) is 1.70. The Bertz CT molecular complexity index is 450. The standard InChI is InChI=1S/C10H7NO4S/c1-15-10(14)16-11-8(12)6-4-2-3-5-7(6)9(11)13/h2-5H,1H3. The van der Waals surface area contributed by atoms with Crippen molar-refractivity contribution in [2.75, 3.05) is 7.11 Å². The minimum Gasteiger partial charge on any atom is -0.460 e. The first kappa shape index (κ1) is 10.7. The van der Waals surface area contributed by atoms with E-state index in [2.05, 4.69) is 4.74 Å². The topological polar surface area (TPSA) is 63.7 Å². The number of hydrogen-bond donors (Lipinski definition) is 0. The Balaban J connectivity index is 2.32. The van der Waals surface area contributed by atoms with Crippen molar-refractivity contribution in [3.8, 4) is 0 Å². The Morgan fingerprint density at radius 1 is 1.19 bits per heavy atom. The van der Waals surface area contributed by atoms with Crippen molar-refractivity contribution in [1.29, 1.82) is 0 Å². The maximum Gasteiger partial charge on any atom is 0.388 e. The Labute approximate surface area is 95.5 Å². The fraction of sp³-hybridized carbons (Fsp3) is 0.100. The molecule has 1 aliphatic heterocycles. The fourth-order valence-electron chi connectivity index (χ4n) is 1.36. The molecule has 0 N–H and O–H groups in total. The summed E-state index contributed by atoms with van der Waals surface area (Å²) in [6.45, 7) is 0. The Morgan fingerprint density at radius 3 is 2.12 bits per heavy atom. The lowest BCUT2D eigenvalue weighted by Crippen LogP contribution is -2.24.